The minimum absolute atomic E-state index is 0.0493. The molecule has 0 aliphatic carbocycles. The molecule has 0 atom stereocenters. The molecule has 0 aliphatic rings. The average molecular weight is 345 g/mol. The van der Waals surface area contributed by atoms with Crippen LogP contribution in [0.2, 0.25) is 0 Å². The maximum atomic E-state index is 13.6. The predicted octanol–water partition coefficient (Wildman–Crippen LogP) is 4.68. The summed E-state index contributed by atoms with van der Waals surface area (Å²) < 4.78 is 53.7. The van der Waals surface area contributed by atoms with Crippen molar-refractivity contribution >= 4 is 5.91 Å². The van der Waals surface area contributed by atoms with Crippen molar-refractivity contribution in [2.45, 2.75) is 0 Å². The highest BCUT2D eigenvalue weighted by Gasteiger charge is 2.18. The van der Waals surface area contributed by atoms with Gasteiger partial charge in [-0.25, -0.2) is 17.6 Å². The van der Waals surface area contributed by atoms with E-state index in [4.69, 9.17) is 5.73 Å². The molecule has 1 amide bonds. The lowest BCUT2D eigenvalue weighted by Crippen LogP contribution is -2.13. The molecule has 0 unspecified atom stereocenters. The Hall–Kier alpha value is -3.15. The molecule has 2 nitrogen and oxygen atoms in total. The Morgan fingerprint density at radius 2 is 1.28 bits per heavy atom. The van der Waals surface area contributed by atoms with Crippen LogP contribution in [0.3, 0.4) is 0 Å². The van der Waals surface area contributed by atoms with E-state index in [-0.39, 0.29) is 22.3 Å². The van der Waals surface area contributed by atoms with Crippen molar-refractivity contribution in [3.63, 3.8) is 0 Å². The van der Waals surface area contributed by atoms with Crippen LogP contribution in [0, 0.1) is 23.3 Å². The van der Waals surface area contributed by atoms with Crippen LogP contribution in [-0.2, 0) is 0 Å². The van der Waals surface area contributed by atoms with Crippen LogP contribution in [0.4, 0.5) is 17.6 Å². The second-order valence-electron chi connectivity index (χ2n) is 5.35. The fourth-order valence-electron chi connectivity index (χ4n) is 2.62. The number of carbonyl (C=O) groups is 1. The molecule has 2 N–H and O–H groups in total. The van der Waals surface area contributed by atoms with Crippen LogP contribution in [0.25, 0.3) is 22.3 Å². The third kappa shape index (κ3) is 3.10. The molecule has 0 saturated heterocycles. The third-order valence-electron chi connectivity index (χ3n) is 3.77. The van der Waals surface area contributed by atoms with E-state index in [1.807, 2.05) is 0 Å². The zero-order chi connectivity index (χ0) is 18.1. The summed E-state index contributed by atoms with van der Waals surface area (Å²) in [6.07, 6.45) is 0. The number of benzene rings is 3. The van der Waals surface area contributed by atoms with Crippen molar-refractivity contribution < 1.29 is 22.4 Å². The maximum Gasteiger partial charge on any atom is 0.249 e. The van der Waals surface area contributed by atoms with Crippen molar-refractivity contribution in [1.82, 2.24) is 0 Å². The van der Waals surface area contributed by atoms with Crippen LogP contribution < -0.4 is 5.73 Å². The second-order valence-corrected chi connectivity index (χ2v) is 5.35. The fraction of sp³-hybridized carbons (Fsp3) is 0. The Morgan fingerprint density at radius 1 is 0.720 bits per heavy atom. The van der Waals surface area contributed by atoms with Crippen LogP contribution in [-0.4, -0.2) is 5.91 Å². The van der Waals surface area contributed by atoms with Gasteiger partial charge >= 0.3 is 0 Å². The van der Waals surface area contributed by atoms with Crippen molar-refractivity contribution in [3.8, 4) is 22.3 Å². The summed E-state index contributed by atoms with van der Waals surface area (Å²) in [6.45, 7) is 0. The zero-order valence-corrected chi connectivity index (χ0v) is 12.7. The Morgan fingerprint density at radius 3 is 1.84 bits per heavy atom. The van der Waals surface area contributed by atoms with Gasteiger partial charge in [0, 0.05) is 11.1 Å². The quantitative estimate of drug-likeness (QED) is 0.689. The molecular formula is C19H11F4NO. The first-order valence-electron chi connectivity index (χ1n) is 7.22. The van der Waals surface area contributed by atoms with Crippen LogP contribution in [0.5, 0.6) is 0 Å². The first-order valence-corrected chi connectivity index (χ1v) is 7.22. The fourth-order valence-corrected chi connectivity index (χ4v) is 2.62. The molecule has 0 radical (unpaired) electrons. The lowest BCUT2D eigenvalue weighted by Gasteiger charge is -2.14. The van der Waals surface area contributed by atoms with Gasteiger partial charge < -0.3 is 5.73 Å². The average Bonchev–Trinajstić information content (AvgIpc) is 2.59. The second kappa shape index (κ2) is 6.39. The summed E-state index contributed by atoms with van der Waals surface area (Å²) in [5, 5.41) is 0. The van der Waals surface area contributed by atoms with Gasteiger partial charge in [-0.05, 0) is 47.0 Å². The Bertz CT molecular complexity index is 985. The van der Waals surface area contributed by atoms with E-state index in [1.165, 1.54) is 24.3 Å². The van der Waals surface area contributed by atoms with Gasteiger partial charge in [-0.3, -0.25) is 4.79 Å². The molecule has 0 aliphatic heterocycles. The maximum absolute atomic E-state index is 13.6. The van der Waals surface area contributed by atoms with E-state index < -0.39 is 29.2 Å². The molecule has 0 spiro atoms. The molecule has 0 aromatic heterocycles. The van der Waals surface area contributed by atoms with Crippen LogP contribution in [0.1, 0.15) is 10.4 Å². The summed E-state index contributed by atoms with van der Waals surface area (Å²) in [4.78, 5) is 11.8. The van der Waals surface area contributed by atoms with Crippen LogP contribution in [0.15, 0.2) is 54.6 Å². The number of nitrogens with two attached hydrogens (primary N) is 1. The molecule has 0 heterocycles. The van der Waals surface area contributed by atoms with E-state index in [9.17, 15) is 22.4 Å². The highest BCUT2D eigenvalue weighted by atomic mass is 19.2. The first-order chi connectivity index (χ1) is 11.9. The number of hydrogen-bond acceptors (Lipinski definition) is 1. The van der Waals surface area contributed by atoms with E-state index in [0.29, 0.717) is 5.56 Å². The SMILES string of the molecule is NC(=O)c1cccc(-c2ccc(F)c(F)c2)c1-c1ccc(F)c(F)c1. The van der Waals surface area contributed by atoms with Gasteiger partial charge in [0.15, 0.2) is 23.3 Å². The van der Waals surface area contributed by atoms with E-state index in [1.54, 1.807) is 6.07 Å². The number of rotatable bonds is 3. The molecule has 6 heteroatoms. The number of hydrogen-bond donors (Lipinski definition) is 1. The van der Waals surface area contributed by atoms with E-state index >= 15 is 0 Å². The number of halogens is 4. The summed E-state index contributed by atoms with van der Waals surface area (Å²) in [7, 11) is 0. The van der Waals surface area contributed by atoms with Gasteiger partial charge in [0.25, 0.3) is 0 Å². The summed E-state index contributed by atoms with van der Waals surface area (Å²) in [6, 6.07) is 10.8. The highest BCUT2D eigenvalue weighted by Crippen LogP contribution is 2.36. The Balaban J connectivity index is 2.32. The van der Waals surface area contributed by atoms with Crippen molar-refractivity contribution in [3.05, 3.63) is 83.4 Å². The summed E-state index contributed by atoms with van der Waals surface area (Å²) >= 11 is 0. The van der Waals surface area contributed by atoms with Gasteiger partial charge in [-0.1, -0.05) is 24.3 Å². The normalized spacial score (nSPS) is 10.7. The molecule has 0 fully saturated rings. The first kappa shape index (κ1) is 16.7. The zero-order valence-electron chi connectivity index (χ0n) is 12.7. The monoisotopic (exact) mass is 345 g/mol. The molecule has 0 saturated carbocycles. The lowest BCUT2D eigenvalue weighted by molar-refractivity contribution is 0.100. The third-order valence-corrected chi connectivity index (χ3v) is 3.77. The molecule has 3 aromatic rings. The predicted molar refractivity (Wildman–Crippen MR) is 85.7 cm³/mol. The van der Waals surface area contributed by atoms with E-state index in [0.717, 1.165) is 24.3 Å². The molecular weight excluding hydrogens is 334 g/mol. The standard InChI is InChI=1S/C19H11F4NO/c20-14-6-4-10(8-16(14)22)12-2-1-3-13(19(24)25)18(12)11-5-7-15(21)17(23)9-11/h1-9H,(H2,24,25). The Kier molecular flexibility index (Phi) is 4.27. The van der Waals surface area contributed by atoms with Crippen molar-refractivity contribution in [1.29, 1.82) is 0 Å². The van der Waals surface area contributed by atoms with Crippen molar-refractivity contribution in [2.24, 2.45) is 5.73 Å². The van der Waals surface area contributed by atoms with Gasteiger partial charge in [-0.2, -0.15) is 0 Å². The number of amides is 1. The molecule has 126 valence electrons. The van der Waals surface area contributed by atoms with Gasteiger partial charge in [0.2, 0.25) is 5.91 Å². The molecule has 25 heavy (non-hydrogen) atoms. The van der Waals surface area contributed by atoms with E-state index in [2.05, 4.69) is 0 Å². The molecule has 3 rings (SSSR count). The number of primary amides is 1. The minimum Gasteiger partial charge on any atom is -0.366 e. The lowest BCUT2D eigenvalue weighted by atomic mass is 9.90. The molecule has 0 bridgehead atoms. The molecule has 3 aromatic carbocycles. The number of carbonyl (C=O) groups excluding carboxylic acids is 1. The van der Waals surface area contributed by atoms with Gasteiger partial charge in [0.1, 0.15) is 0 Å². The minimum atomic E-state index is -1.10. The topological polar surface area (TPSA) is 43.1 Å². The smallest absolute Gasteiger partial charge is 0.249 e. The van der Waals surface area contributed by atoms with Gasteiger partial charge in [0.05, 0.1) is 0 Å². The highest BCUT2D eigenvalue weighted by molar-refractivity contribution is 6.04. The van der Waals surface area contributed by atoms with Crippen LogP contribution >= 0.6 is 0 Å². The van der Waals surface area contributed by atoms with Gasteiger partial charge in [-0.15, -0.1) is 0 Å². The summed E-state index contributed by atoms with van der Waals surface area (Å²) in [5.74, 6) is -5.03. The Labute approximate surface area is 140 Å². The van der Waals surface area contributed by atoms with Crippen molar-refractivity contribution in [2.75, 3.05) is 0 Å². The largest absolute Gasteiger partial charge is 0.366 e. The summed E-state index contributed by atoms with van der Waals surface area (Å²) in [5.41, 5.74) is 6.43.